The van der Waals surface area contributed by atoms with Gasteiger partial charge in [-0.25, -0.2) is 13.6 Å². The molecule has 4 atom stereocenters. The van der Waals surface area contributed by atoms with Gasteiger partial charge in [0.15, 0.2) is 11.0 Å². The van der Waals surface area contributed by atoms with E-state index in [1.54, 1.807) is 23.1 Å². The Kier molecular flexibility index (Phi) is 5.64. The van der Waals surface area contributed by atoms with Crippen LogP contribution in [0.3, 0.4) is 0 Å². The summed E-state index contributed by atoms with van der Waals surface area (Å²) in [6.45, 7) is 2.31. The molecule has 0 aromatic carbocycles. The molecule has 0 amide bonds. The maximum absolute atomic E-state index is 11.2. The molecule has 6 nitrogen and oxygen atoms in total. The van der Waals surface area contributed by atoms with Gasteiger partial charge < -0.3 is 0 Å². The van der Waals surface area contributed by atoms with Gasteiger partial charge in [-0.2, -0.15) is 0 Å². The fourth-order valence-corrected chi connectivity index (χ4v) is 7.21. The summed E-state index contributed by atoms with van der Waals surface area (Å²) < 4.78 is 24.6. The first kappa shape index (κ1) is 19.4. The summed E-state index contributed by atoms with van der Waals surface area (Å²) in [5, 5.41) is 17.0. The van der Waals surface area contributed by atoms with Crippen molar-refractivity contribution < 1.29 is 8.42 Å². The average Bonchev–Trinajstić information content (AvgIpc) is 3.40. The topological polar surface area (TPSA) is 90.9 Å². The van der Waals surface area contributed by atoms with Gasteiger partial charge in [0.2, 0.25) is 10.0 Å². The van der Waals surface area contributed by atoms with Crippen LogP contribution in [0.25, 0.3) is 10.7 Å². The molecule has 0 aliphatic heterocycles. The molecule has 2 heterocycles. The number of aromatic nitrogens is 3. The van der Waals surface area contributed by atoms with Crippen LogP contribution >= 0.6 is 23.1 Å². The lowest BCUT2D eigenvalue weighted by Crippen LogP contribution is -2.23. The van der Waals surface area contributed by atoms with Gasteiger partial charge >= 0.3 is 0 Å². The molecule has 2 aliphatic carbocycles. The van der Waals surface area contributed by atoms with Crippen molar-refractivity contribution in [1.82, 2.24) is 14.8 Å². The van der Waals surface area contributed by atoms with Crippen molar-refractivity contribution in [2.75, 3.05) is 11.5 Å². The van der Waals surface area contributed by atoms with Gasteiger partial charge in [-0.15, -0.1) is 21.5 Å². The van der Waals surface area contributed by atoms with Gasteiger partial charge in [0, 0.05) is 11.8 Å². The number of thiophene rings is 1. The number of sulfonamides is 1. The predicted octanol–water partition coefficient (Wildman–Crippen LogP) is 3.77. The number of rotatable bonds is 8. The normalized spacial score (nSPS) is 25.9. The number of primary sulfonamides is 1. The number of thioether (sulfide) groups is 1. The van der Waals surface area contributed by atoms with Crippen molar-refractivity contribution in [2.24, 2.45) is 22.9 Å². The van der Waals surface area contributed by atoms with E-state index in [1.165, 1.54) is 25.7 Å². The highest BCUT2D eigenvalue weighted by molar-refractivity contribution is 7.99. The second-order valence-corrected chi connectivity index (χ2v) is 11.5. The van der Waals surface area contributed by atoms with Gasteiger partial charge in [-0.3, -0.25) is 4.57 Å². The first-order valence-electron chi connectivity index (χ1n) is 9.54. The molecule has 2 aromatic rings. The molecular weight excluding hydrogens is 400 g/mol. The highest BCUT2D eigenvalue weighted by atomic mass is 32.2. The highest BCUT2D eigenvalue weighted by Gasteiger charge is 2.43. The molecule has 0 saturated heterocycles. The fourth-order valence-electron chi connectivity index (χ4n) is 4.82. The Balaban J connectivity index is 1.56. The van der Waals surface area contributed by atoms with Crippen molar-refractivity contribution in [3.8, 4) is 10.7 Å². The molecule has 2 bridgehead atoms. The number of hydrogen-bond acceptors (Lipinski definition) is 6. The third-order valence-corrected chi connectivity index (χ3v) is 8.78. The quantitative estimate of drug-likeness (QED) is 0.512. The van der Waals surface area contributed by atoms with Crippen molar-refractivity contribution in [3.63, 3.8) is 0 Å². The molecule has 2 aromatic heterocycles. The first-order chi connectivity index (χ1) is 12.9. The van der Waals surface area contributed by atoms with E-state index < -0.39 is 10.0 Å². The van der Waals surface area contributed by atoms with Crippen molar-refractivity contribution in [3.05, 3.63) is 17.5 Å². The zero-order valence-corrected chi connectivity index (χ0v) is 17.9. The van der Waals surface area contributed by atoms with Crippen LogP contribution < -0.4 is 5.14 Å². The number of nitrogens with zero attached hydrogens (tertiary/aromatic N) is 3. The zero-order chi connectivity index (χ0) is 19.0. The number of nitrogens with two attached hydrogens (primary N) is 1. The summed E-state index contributed by atoms with van der Waals surface area (Å²) in [6.07, 6.45) is 5.95. The van der Waals surface area contributed by atoms with Gasteiger partial charge in [0.05, 0.1) is 10.6 Å². The van der Waals surface area contributed by atoms with Crippen molar-refractivity contribution in [1.29, 1.82) is 0 Å². The van der Waals surface area contributed by atoms with E-state index >= 15 is 0 Å². The van der Waals surface area contributed by atoms with Crippen LogP contribution in [-0.4, -0.2) is 34.7 Å². The highest BCUT2D eigenvalue weighted by Crippen LogP contribution is 2.53. The summed E-state index contributed by atoms with van der Waals surface area (Å²) >= 11 is 3.27. The summed E-state index contributed by atoms with van der Waals surface area (Å²) in [5.41, 5.74) is 0. The van der Waals surface area contributed by atoms with E-state index in [4.69, 9.17) is 5.14 Å². The summed E-state index contributed by atoms with van der Waals surface area (Å²) in [4.78, 5) is 1.13. The van der Waals surface area contributed by atoms with Crippen LogP contribution in [0.1, 0.15) is 45.1 Å². The third-order valence-electron chi connectivity index (χ3n) is 6.03. The lowest BCUT2D eigenvalue weighted by atomic mass is 9.84. The zero-order valence-electron chi connectivity index (χ0n) is 15.5. The van der Waals surface area contributed by atoms with E-state index in [2.05, 4.69) is 33.1 Å². The Bertz CT molecular complexity index is 879. The Labute approximate surface area is 169 Å². The van der Waals surface area contributed by atoms with E-state index in [0.29, 0.717) is 24.1 Å². The third kappa shape index (κ3) is 4.26. The predicted molar refractivity (Wildman–Crippen MR) is 110 cm³/mol. The molecule has 4 unspecified atom stereocenters. The molecule has 2 aliphatic rings. The van der Waals surface area contributed by atoms with Crippen LogP contribution in [0, 0.1) is 17.8 Å². The Morgan fingerprint density at radius 3 is 2.85 bits per heavy atom. The standard InChI is InChI=1S/C18H26N4O2S3/c1-12(15-11-13-5-6-14(15)10-13)22-17(16-4-2-7-25-16)20-21-18(22)26-8-3-9-27(19,23)24/h2,4,7,12-15H,3,5-6,8-11H2,1H3,(H2,19,23,24). The van der Waals surface area contributed by atoms with E-state index in [-0.39, 0.29) is 5.75 Å². The molecular formula is C18H26N4O2S3. The van der Waals surface area contributed by atoms with Crippen LogP contribution in [0.2, 0.25) is 0 Å². The minimum absolute atomic E-state index is 0.00779. The van der Waals surface area contributed by atoms with Crippen molar-refractivity contribution in [2.45, 2.75) is 50.2 Å². The molecule has 2 fully saturated rings. The molecule has 27 heavy (non-hydrogen) atoms. The van der Waals surface area contributed by atoms with Crippen LogP contribution in [0.15, 0.2) is 22.7 Å². The number of hydrogen-bond donors (Lipinski definition) is 1. The maximum atomic E-state index is 11.2. The van der Waals surface area contributed by atoms with E-state index in [9.17, 15) is 8.42 Å². The second kappa shape index (κ2) is 7.85. The number of fused-ring (bicyclic) bond motifs is 2. The fraction of sp³-hybridized carbons (Fsp3) is 0.667. The molecule has 2 N–H and O–H groups in total. The van der Waals surface area contributed by atoms with Crippen LogP contribution in [0.5, 0.6) is 0 Å². The summed E-state index contributed by atoms with van der Waals surface area (Å²) in [5.74, 6) is 4.02. The minimum atomic E-state index is -3.41. The largest absolute Gasteiger partial charge is 0.298 e. The Hall–Kier alpha value is -0.900. The lowest BCUT2D eigenvalue weighted by Gasteiger charge is -2.30. The second-order valence-electron chi connectivity index (χ2n) is 7.80. The monoisotopic (exact) mass is 426 g/mol. The molecule has 0 radical (unpaired) electrons. The SMILES string of the molecule is CC(C1CC2CCC1C2)n1c(SCCCS(N)(=O)=O)nnc1-c1cccs1. The summed E-state index contributed by atoms with van der Waals surface area (Å²) in [6, 6.07) is 4.49. The molecule has 148 valence electrons. The van der Waals surface area contributed by atoms with Crippen molar-refractivity contribution >= 4 is 33.1 Å². The van der Waals surface area contributed by atoms with Gasteiger partial charge in [0.1, 0.15) is 0 Å². The minimum Gasteiger partial charge on any atom is -0.298 e. The Morgan fingerprint density at radius 2 is 2.22 bits per heavy atom. The molecule has 0 spiro atoms. The lowest BCUT2D eigenvalue weighted by molar-refractivity contribution is 0.235. The van der Waals surface area contributed by atoms with Crippen LogP contribution in [-0.2, 0) is 10.0 Å². The van der Waals surface area contributed by atoms with E-state index in [0.717, 1.165) is 27.7 Å². The maximum Gasteiger partial charge on any atom is 0.209 e. The molecule has 9 heteroatoms. The smallest absolute Gasteiger partial charge is 0.209 e. The molecule has 2 saturated carbocycles. The first-order valence-corrected chi connectivity index (χ1v) is 13.1. The van der Waals surface area contributed by atoms with Crippen LogP contribution in [0.4, 0.5) is 0 Å². The Morgan fingerprint density at radius 1 is 1.37 bits per heavy atom. The summed E-state index contributed by atoms with van der Waals surface area (Å²) in [7, 11) is -3.41. The van der Waals surface area contributed by atoms with Gasteiger partial charge in [0.25, 0.3) is 0 Å². The van der Waals surface area contributed by atoms with Gasteiger partial charge in [-0.1, -0.05) is 24.2 Å². The average molecular weight is 427 g/mol. The van der Waals surface area contributed by atoms with E-state index in [1.807, 2.05) is 6.07 Å². The molecule has 4 rings (SSSR count). The van der Waals surface area contributed by atoms with Gasteiger partial charge in [-0.05, 0) is 61.8 Å².